The van der Waals surface area contributed by atoms with Gasteiger partial charge in [-0.05, 0) is 30.0 Å². The first-order chi connectivity index (χ1) is 3.64. The Kier molecular flexibility index (Phi) is 1.50. The van der Waals surface area contributed by atoms with E-state index >= 15 is 0 Å². The molecule has 0 aromatic carbocycles. The molecule has 1 N–H and O–H groups in total. The number of hydrogen-bond donors (Lipinski definition) is 1. The van der Waals surface area contributed by atoms with Crippen LogP contribution in [0.4, 0.5) is 0 Å². The van der Waals surface area contributed by atoms with E-state index in [0.717, 1.165) is 0 Å². The van der Waals surface area contributed by atoms with E-state index in [2.05, 4.69) is 18.7 Å². The summed E-state index contributed by atoms with van der Waals surface area (Å²) in [7, 11) is 0. The molecule has 1 saturated carbocycles. The molecule has 0 spiro atoms. The molecule has 1 rings (SSSR count). The van der Waals surface area contributed by atoms with Crippen molar-refractivity contribution in [3.63, 3.8) is 0 Å². The molecule has 0 aliphatic heterocycles. The second-order valence-electron chi connectivity index (χ2n) is 3.38. The predicted octanol–water partition coefficient (Wildman–Crippen LogP) is 1.92. The number of rotatable bonds is 1. The molecule has 0 atom stereocenters. The van der Waals surface area contributed by atoms with Crippen LogP contribution in [0.1, 0.15) is 26.7 Å². The Labute approximate surface area is 55.5 Å². The fourth-order valence-electron chi connectivity index (χ4n) is 1.35. The normalized spacial score (nSPS) is 27.4. The van der Waals surface area contributed by atoms with Crippen molar-refractivity contribution in [2.75, 3.05) is 0 Å². The molecule has 0 radical (unpaired) electrons. The van der Waals surface area contributed by atoms with Gasteiger partial charge in [0.25, 0.3) is 0 Å². The monoisotopic (exact) mass is 133 g/mol. The average molecular weight is 134 g/mol. The lowest BCUT2D eigenvalue weighted by Gasteiger charge is -2.41. The van der Waals surface area contributed by atoms with Crippen molar-refractivity contribution in [3.8, 4) is 0 Å². The van der Waals surface area contributed by atoms with Crippen LogP contribution in [0.25, 0.3) is 0 Å². The topological polar surface area (TPSA) is 12.0 Å². The van der Waals surface area contributed by atoms with Crippen LogP contribution in [0.3, 0.4) is 0 Å². The van der Waals surface area contributed by atoms with Crippen LogP contribution in [0, 0.1) is 5.41 Å². The molecule has 0 aromatic rings. The lowest BCUT2D eigenvalue weighted by atomic mass is 9.69. The average Bonchev–Trinajstić information content (AvgIpc) is 1.60. The van der Waals surface area contributed by atoms with Crippen LogP contribution >= 0.6 is 11.8 Å². The van der Waals surface area contributed by atoms with Crippen LogP contribution < -0.4 is 4.84 Å². The summed E-state index contributed by atoms with van der Waals surface area (Å²) < 4.78 is 0. The highest BCUT2D eigenvalue weighted by Crippen LogP contribution is 2.39. The Hall–Kier alpha value is 0.250. The first kappa shape index (κ1) is 6.37. The van der Waals surface area contributed by atoms with Gasteiger partial charge in [0.05, 0.1) is 0 Å². The van der Waals surface area contributed by atoms with E-state index in [-0.39, 0.29) is 0 Å². The van der Waals surface area contributed by atoms with Gasteiger partial charge in [-0.25, -0.2) is 4.84 Å². The third-order valence-corrected chi connectivity index (χ3v) is 2.06. The van der Waals surface area contributed by atoms with Crippen molar-refractivity contribution in [2.24, 2.45) is 5.41 Å². The Morgan fingerprint density at radius 3 is 2.12 bits per heavy atom. The molecule has 1 nitrogen and oxygen atoms in total. The zero-order valence-corrected chi connectivity index (χ0v) is 6.13. The minimum Gasteiger partial charge on any atom is -0.230 e. The maximum atomic E-state index is 5.38. The minimum absolute atomic E-state index is 0.548. The highest BCUT2D eigenvalue weighted by molar-refractivity contribution is 6.13. The third-order valence-electron chi connectivity index (χ3n) is 1.75. The molecule has 0 heterocycles. The maximum absolute atomic E-state index is 5.38. The van der Waals surface area contributed by atoms with Gasteiger partial charge in [-0.3, -0.25) is 0 Å². The van der Waals surface area contributed by atoms with Gasteiger partial charge < -0.3 is 0 Å². The van der Waals surface area contributed by atoms with Crippen molar-refractivity contribution in [1.29, 1.82) is 0 Å². The zero-order chi connectivity index (χ0) is 6.20. The number of hydrogen-bond acceptors (Lipinski definition) is 1. The second-order valence-corrected chi connectivity index (χ2v) is 3.60. The summed E-state index contributed by atoms with van der Waals surface area (Å²) in [5.41, 5.74) is 0.548. The highest BCUT2D eigenvalue weighted by atomic mass is 35.5. The molecule has 8 heavy (non-hydrogen) atoms. The molecule has 1 aliphatic carbocycles. The Morgan fingerprint density at radius 1 is 1.50 bits per heavy atom. The summed E-state index contributed by atoms with van der Waals surface area (Å²) >= 11 is 5.38. The second kappa shape index (κ2) is 1.89. The van der Waals surface area contributed by atoms with Crippen LogP contribution in [0.15, 0.2) is 0 Å². The fraction of sp³-hybridized carbons (Fsp3) is 1.00. The highest BCUT2D eigenvalue weighted by Gasteiger charge is 2.35. The molecule has 0 bridgehead atoms. The molecule has 2 heteroatoms. The van der Waals surface area contributed by atoms with E-state index in [0.29, 0.717) is 11.5 Å². The lowest BCUT2D eigenvalue weighted by Crippen LogP contribution is -2.42. The summed E-state index contributed by atoms with van der Waals surface area (Å²) in [6.45, 7) is 4.52. The first-order valence-electron chi connectivity index (χ1n) is 3.00. The molecule has 0 unspecified atom stereocenters. The van der Waals surface area contributed by atoms with Crippen LogP contribution in [0.5, 0.6) is 0 Å². The Morgan fingerprint density at radius 2 is 2.00 bits per heavy atom. The summed E-state index contributed by atoms with van der Waals surface area (Å²) in [5.74, 6) is 0. The quantitative estimate of drug-likeness (QED) is 0.539. The van der Waals surface area contributed by atoms with Crippen LogP contribution in [0.2, 0.25) is 0 Å². The smallest absolute Gasteiger partial charge is 0.0231 e. The van der Waals surface area contributed by atoms with Crippen molar-refractivity contribution >= 4 is 11.8 Å². The molecule has 1 aliphatic rings. The van der Waals surface area contributed by atoms with E-state index in [9.17, 15) is 0 Å². The summed E-state index contributed by atoms with van der Waals surface area (Å²) in [4.78, 5) is 2.73. The van der Waals surface area contributed by atoms with E-state index < -0.39 is 0 Å². The SMILES string of the molecule is CC1(C)CC(NCl)C1. The van der Waals surface area contributed by atoms with Crippen LogP contribution in [-0.2, 0) is 0 Å². The minimum atomic E-state index is 0.548. The van der Waals surface area contributed by atoms with Gasteiger partial charge >= 0.3 is 0 Å². The van der Waals surface area contributed by atoms with E-state index in [1.54, 1.807) is 0 Å². The summed E-state index contributed by atoms with van der Waals surface area (Å²) in [5, 5.41) is 0. The van der Waals surface area contributed by atoms with E-state index in [1.165, 1.54) is 12.8 Å². The molecular weight excluding hydrogens is 122 g/mol. The van der Waals surface area contributed by atoms with Gasteiger partial charge in [0.2, 0.25) is 0 Å². The molecule has 1 fully saturated rings. The Bertz CT molecular complexity index is 82.5. The van der Waals surface area contributed by atoms with E-state index in [4.69, 9.17) is 11.8 Å². The standard InChI is InChI=1S/C6H12ClN/c1-6(2)3-5(4-6)8-7/h5,8H,3-4H2,1-2H3. The van der Waals surface area contributed by atoms with Gasteiger partial charge in [-0.15, -0.1) is 0 Å². The van der Waals surface area contributed by atoms with Gasteiger partial charge in [0.15, 0.2) is 0 Å². The summed E-state index contributed by atoms with van der Waals surface area (Å²) in [6.07, 6.45) is 2.44. The maximum Gasteiger partial charge on any atom is 0.0231 e. The lowest BCUT2D eigenvalue weighted by molar-refractivity contribution is 0.144. The van der Waals surface area contributed by atoms with Gasteiger partial charge in [-0.2, -0.15) is 0 Å². The first-order valence-corrected chi connectivity index (χ1v) is 3.38. The largest absolute Gasteiger partial charge is 0.230 e. The number of nitrogens with one attached hydrogen (secondary N) is 1. The predicted molar refractivity (Wildman–Crippen MR) is 35.8 cm³/mol. The number of halogens is 1. The zero-order valence-electron chi connectivity index (χ0n) is 5.37. The molecule has 0 aromatic heterocycles. The van der Waals surface area contributed by atoms with Crippen molar-refractivity contribution in [1.82, 2.24) is 4.84 Å². The molecule has 0 saturated heterocycles. The van der Waals surface area contributed by atoms with Crippen molar-refractivity contribution < 1.29 is 0 Å². The van der Waals surface area contributed by atoms with Gasteiger partial charge in [-0.1, -0.05) is 13.8 Å². The molecular formula is C6H12ClN. The Balaban J connectivity index is 2.21. The van der Waals surface area contributed by atoms with Crippen LogP contribution in [-0.4, -0.2) is 6.04 Å². The molecule has 0 amide bonds. The van der Waals surface area contributed by atoms with Gasteiger partial charge in [0, 0.05) is 6.04 Å². The molecule has 48 valence electrons. The third kappa shape index (κ3) is 1.15. The fourth-order valence-corrected chi connectivity index (χ4v) is 1.51. The van der Waals surface area contributed by atoms with Gasteiger partial charge in [0.1, 0.15) is 0 Å². The van der Waals surface area contributed by atoms with Crippen molar-refractivity contribution in [2.45, 2.75) is 32.7 Å². The summed E-state index contributed by atoms with van der Waals surface area (Å²) in [6, 6.07) is 0.576. The van der Waals surface area contributed by atoms with E-state index in [1.807, 2.05) is 0 Å². The van der Waals surface area contributed by atoms with Crippen molar-refractivity contribution in [3.05, 3.63) is 0 Å².